The summed E-state index contributed by atoms with van der Waals surface area (Å²) in [5.74, 6) is 4.72. The van der Waals surface area contributed by atoms with Crippen molar-refractivity contribution in [3.63, 3.8) is 0 Å². The Morgan fingerprint density at radius 3 is 2.52 bits per heavy atom. The molecule has 3 atom stereocenters. The van der Waals surface area contributed by atoms with Gasteiger partial charge in [-0.2, -0.15) is 5.26 Å². The van der Waals surface area contributed by atoms with Gasteiger partial charge in [-0.1, -0.05) is 36.1 Å². The van der Waals surface area contributed by atoms with E-state index in [2.05, 4.69) is 22.9 Å². The Labute approximate surface area is 179 Å². The SMILES string of the molecule is N#C[C@@H]1[C@H](c2ccc(C#Cc3ccccc3F)cc2)[C@@H](CO)N1C(=O)c1cccnc1. The van der Waals surface area contributed by atoms with Crippen molar-refractivity contribution in [3.8, 4) is 17.9 Å². The molecule has 0 spiro atoms. The van der Waals surface area contributed by atoms with Crippen LogP contribution in [0, 0.1) is 29.0 Å². The first-order valence-electron chi connectivity index (χ1n) is 9.73. The first-order chi connectivity index (χ1) is 15.1. The summed E-state index contributed by atoms with van der Waals surface area (Å²) in [7, 11) is 0. The van der Waals surface area contributed by atoms with Crippen LogP contribution in [0.3, 0.4) is 0 Å². The second-order valence-electron chi connectivity index (χ2n) is 7.16. The second kappa shape index (κ2) is 8.79. The van der Waals surface area contributed by atoms with Gasteiger partial charge < -0.3 is 10.0 Å². The average molecular weight is 411 g/mol. The fourth-order valence-corrected chi connectivity index (χ4v) is 3.82. The number of nitrogens with zero attached hydrogens (tertiary/aromatic N) is 3. The van der Waals surface area contributed by atoms with Crippen LogP contribution in [0.5, 0.6) is 0 Å². The van der Waals surface area contributed by atoms with Crippen LogP contribution in [-0.2, 0) is 0 Å². The number of carbonyl (C=O) groups excluding carboxylic acids is 1. The van der Waals surface area contributed by atoms with Gasteiger partial charge in [0.15, 0.2) is 0 Å². The van der Waals surface area contributed by atoms with E-state index in [1.54, 1.807) is 48.7 Å². The van der Waals surface area contributed by atoms with Crippen LogP contribution < -0.4 is 0 Å². The van der Waals surface area contributed by atoms with Gasteiger partial charge in [0.05, 0.1) is 29.8 Å². The molecule has 0 saturated carbocycles. The lowest BCUT2D eigenvalue weighted by Gasteiger charge is -2.51. The van der Waals surface area contributed by atoms with Crippen molar-refractivity contribution in [2.75, 3.05) is 6.61 Å². The molecule has 0 aliphatic carbocycles. The van der Waals surface area contributed by atoms with E-state index in [9.17, 15) is 19.6 Å². The van der Waals surface area contributed by atoms with E-state index < -0.39 is 12.1 Å². The molecule has 1 fully saturated rings. The maximum absolute atomic E-state index is 13.7. The Hall–Kier alpha value is -4.00. The number of aliphatic hydroxyl groups is 1. The van der Waals surface area contributed by atoms with Gasteiger partial charge in [-0.15, -0.1) is 0 Å². The Bertz CT molecular complexity index is 1190. The third-order valence-corrected chi connectivity index (χ3v) is 5.38. The summed E-state index contributed by atoms with van der Waals surface area (Å²) in [5, 5.41) is 19.6. The van der Waals surface area contributed by atoms with Gasteiger partial charge >= 0.3 is 0 Å². The molecule has 5 nitrogen and oxygen atoms in total. The minimum absolute atomic E-state index is 0.260. The Kier molecular flexibility index (Phi) is 5.75. The van der Waals surface area contributed by atoms with E-state index in [0.29, 0.717) is 16.7 Å². The van der Waals surface area contributed by atoms with Gasteiger partial charge in [-0.3, -0.25) is 9.78 Å². The van der Waals surface area contributed by atoms with E-state index in [1.807, 2.05) is 12.1 Å². The number of benzene rings is 2. The predicted molar refractivity (Wildman–Crippen MR) is 112 cm³/mol. The summed E-state index contributed by atoms with van der Waals surface area (Å²) < 4.78 is 13.7. The number of pyridine rings is 1. The maximum Gasteiger partial charge on any atom is 0.256 e. The Morgan fingerprint density at radius 1 is 1.10 bits per heavy atom. The second-order valence-corrected chi connectivity index (χ2v) is 7.16. The van der Waals surface area contributed by atoms with Crippen molar-refractivity contribution in [2.24, 2.45) is 0 Å². The van der Waals surface area contributed by atoms with Gasteiger partial charge in [0.1, 0.15) is 11.9 Å². The largest absolute Gasteiger partial charge is 0.394 e. The highest BCUT2D eigenvalue weighted by atomic mass is 19.1. The van der Waals surface area contributed by atoms with Crippen LogP contribution in [-0.4, -0.2) is 39.6 Å². The van der Waals surface area contributed by atoms with E-state index in [-0.39, 0.29) is 24.2 Å². The van der Waals surface area contributed by atoms with E-state index in [4.69, 9.17) is 0 Å². The topological polar surface area (TPSA) is 77.2 Å². The van der Waals surface area contributed by atoms with E-state index in [1.165, 1.54) is 17.2 Å². The predicted octanol–water partition coefficient (Wildman–Crippen LogP) is 3.11. The Morgan fingerprint density at radius 2 is 1.87 bits per heavy atom. The molecular weight excluding hydrogens is 393 g/mol. The number of aliphatic hydroxyl groups excluding tert-OH is 1. The zero-order chi connectivity index (χ0) is 21.8. The highest BCUT2D eigenvalue weighted by Crippen LogP contribution is 2.41. The molecule has 0 radical (unpaired) electrons. The molecule has 2 heterocycles. The summed E-state index contributed by atoms with van der Waals surface area (Å²) in [5.41, 5.74) is 2.22. The number of carbonyl (C=O) groups is 1. The number of hydrogen-bond acceptors (Lipinski definition) is 4. The molecule has 31 heavy (non-hydrogen) atoms. The molecular formula is C25H18FN3O2. The molecule has 2 aromatic carbocycles. The first kappa shape index (κ1) is 20.3. The quantitative estimate of drug-likeness (QED) is 0.672. The van der Waals surface area contributed by atoms with Crippen molar-refractivity contribution >= 4 is 5.91 Å². The zero-order valence-electron chi connectivity index (χ0n) is 16.4. The number of nitriles is 1. The molecule has 0 unspecified atom stereocenters. The van der Waals surface area contributed by atoms with Crippen molar-refractivity contribution in [3.05, 3.63) is 101 Å². The number of likely N-dealkylation sites (tertiary alicyclic amines) is 1. The van der Waals surface area contributed by atoms with Crippen molar-refractivity contribution < 1.29 is 14.3 Å². The number of aromatic nitrogens is 1. The van der Waals surface area contributed by atoms with Crippen LogP contribution in [0.4, 0.5) is 4.39 Å². The lowest BCUT2D eigenvalue weighted by Crippen LogP contribution is -2.65. The molecule has 1 aliphatic heterocycles. The van der Waals surface area contributed by atoms with Crippen LogP contribution >= 0.6 is 0 Å². The van der Waals surface area contributed by atoms with Gasteiger partial charge in [-0.25, -0.2) is 4.39 Å². The minimum atomic E-state index is -0.694. The van der Waals surface area contributed by atoms with Gasteiger partial charge in [0, 0.05) is 23.9 Å². The molecule has 1 saturated heterocycles. The van der Waals surface area contributed by atoms with Crippen molar-refractivity contribution in [1.82, 2.24) is 9.88 Å². The number of rotatable bonds is 3. The molecule has 3 aromatic rings. The fourth-order valence-electron chi connectivity index (χ4n) is 3.82. The molecule has 0 bridgehead atoms. The summed E-state index contributed by atoms with van der Waals surface area (Å²) >= 11 is 0. The van der Waals surface area contributed by atoms with E-state index in [0.717, 1.165) is 5.56 Å². The maximum atomic E-state index is 13.7. The van der Waals surface area contributed by atoms with Gasteiger partial charge in [0.2, 0.25) is 0 Å². The van der Waals surface area contributed by atoms with Crippen LogP contribution in [0.15, 0.2) is 73.1 Å². The van der Waals surface area contributed by atoms with Crippen LogP contribution in [0.25, 0.3) is 0 Å². The normalized spacial score (nSPS) is 19.5. The standard InChI is InChI=1S/C25H18FN3O2/c26-21-6-2-1-4-18(21)10-7-17-8-11-19(12-9-17)24-22(14-27)29(23(24)16-30)25(31)20-5-3-13-28-15-20/h1-6,8-9,11-13,15,22-24,30H,16H2/t22-,23-,24+/m1/s1. The average Bonchev–Trinajstić information content (AvgIpc) is 2.80. The van der Waals surface area contributed by atoms with Crippen LogP contribution in [0.2, 0.25) is 0 Å². The van der Waals surface area contributed by atoms with Gasteiger partial charge in [-0.05, 0) is 42.0 Å². The molecule has 1 N–H and O–H groups in total. The summed E-state index contributed by atoms with van der Waals surface area (Å²) in [6, 6.07) is 17.8. The molecule has 1 aliphatic rings. The fraction of sp³-hybridized carbons (Fsp3) is 0.160. The lowest BCUT2D eigenvalue weighted by molar-refractivity contribution is -0.00588. The van der Waals surface area contributed by atoms with E-state index >= 15 is 0 Å². The first-order valence-corrected chi connectivity index (χ1v) is 9.73. The van der Waals surface area contributed by atoms with Crippen molar-refractivity contribution in [2.45, 2.75) is 18.0 Å². The smallest absolute Gasteiger partial charge is 0.256 e. The molecule has 1 amide bonds. The molecule has 1 aromatic heterocycles. The monoisotopic (exact) mass is 411 g/mol. The number of hydrogen-bond donors (Lipinski definition) is 1. The summed E-state index contributed by atoms with van der Waals surface area (Å²) in [6.07, 6.45) is 3.01. The molecule has 152 valence electrons. The van der Waals surface area contributed by atoms with Crippen LogP contribution in [0.1, 0.15) is 33.0 Å². The molecule has 4 rings (SSSR count). The van der Waals surface area contributed by atoms with Gasteiger partial charge in [0.25, 0.3) is 5.91 Å². The number of amides is 1. The zero-order valence-corrected chi connectivity index (χ0v) is 16.4. The summed E-state index contributed by atoms with van der Waals surface area (Å²) in [6.45, 7) is -0.260. The number of halogens is 1. The third-order valence-electron chi connectivity index (χ3n) is 5.38. The highest BCUT2D eigenvalue weighted by Gasteiger charge is 2.51. The third kappa shape index (κ3) is 3.90. The molecule has 6 heteroatoms. The summed E-state index contributed by atoms with van der Waals surface area (Å²) in [4.78, 5) is 18.2. The lowest BCUT2D eigenvalue weighted by atomic mass is 9.75. The Balaban J connectivity index is 1.55. The minimum Gasteiger partial charge on any atom is -0.394 e. The van der Waals surface area contributed by atoms with Crippen molar-refractivity contribution in [1.29, 1.82) is 5.26 Å². The highest BCUT2D eigenvalue weighted by molar-refractivity contribution is 5.95.